The van der Waals surface area contributed by atoms with Gasteiger partial charge in [-0.1, -0.05) is 11.6 Å². The van der Waals surface area contributed by atoms with Crippen molar-refractivity contribution in [2.24, 2.45) is 0 Å². The summed E-state index contributed by atoms with van der Waals surface area (Å²) in [6.07, 6.45) is 0.723. The Morgan fingerprint density at radius 1 is 1.69 bits per heavy atom. The minimum Gasteiger partial charge on any atom is -0.476 e. The molecular weight excluding hydrogens is 237 g/mol. The predicted molar refractivity (Wildman–Crippen MR) is 55.7 cm³/mol. The second-order valence-electron chi connectivity index (χ2n) is 3.50. The first-order valence-electron chi connectivity index (χ1n) is 4.73. The number of halogens is 2. The van der Waals surface area contributed by atoms with Crippen molar-refractivity contribution in [3.8, 4) is 0 Å². The van der Waals surface area contributed by atoms with E-state index in [1.165, 1.54) is 6.20 Å². The fourth-order valence-corrected chi connectivity index (χ4v) is 1.73. The first-order chi connectivity index (χ1) is 7.58. The number of anilines is 1. The van der Waals surface area contributed by atoms with E-state index in [0.29, 0.717) is 13.0 Å². The molecule has 1 saturated heterocycles. The van der Waals surface area contributed by atoms with E-state index in [9.17, 15) is 9.18 Å². The second kappa shape index (κ2) is 4.21. The zero-order chi connectivity index (χ0) is 11.7. The SMILES string of the molecule is O=C(O)c1nc(N2CCC(F)C2)ncc1Cl. The number of hydrogen-bond donors (Lipinski definition) is 1. The minimum absolute atomic E-state index is 0.0211. The van der Waals surface area contributed by atoms with Crippen LogP contribution in [0.2, 0.25) is 5.02 Å². The summed E-state index contributed by atoms with van der Waals surface area (Å²) in [6, 6.07) is 0. The highest BCUT2D eigenvalue weighted by molar-refractivity contribution is 6.33. The van der Waals surface area contributed by atoms with Crippen molar-refractivity contribution in [1.29, 1.82) is 0 Å². The molecule has 86 valence electrons. The number of alkyl halides is 1. The van der Waals surface area contributed by atoms with Crippen molar-refractivity contribution in [3.63, 3.8) is 0 Å². The topological polar surface area (TPSA) is 66.3 Å². The number of carboxylic acid groups (broad SMARTS) is 1. The number of aromatic nitrogens is 2. The van der Waals surface area contributed by atoms with Crippen LogP contribution in [0.15, 0.2) is 6.20 Å². The lowest BCUT2D eigenvalue weighted by atomic mass is 10.3. The summed E-state index contributed by atoms with van der Waals surface area (Å²) in [5, 5.41) is 8.80. The van der Waals surface area contributed by atoms with Gasteiger partial charge in [-0.2, -0.15) is 0 Å². The molecule has 1 aromatic rings. The summed E-state index contributed by atoms with van der Waals surface area (Å²) >= 11 is 5.63. The van der Waals surface area contributed by atoms with E-state index < -0.39 is 12.1 Å². The van der Waals surface area contributed by atoms with Gasteiger partial charge in [0.25, 0.3) is 0 Å². The van der Waals surface area contributed by atoms with Gasteiger partial charge in [0.2, 0.25) is 5.95 Å². The van der Waals surface area contributed by atoms with Gasteiger partial charge in [0.05, 0.1) is 17.8 Å². The summed E-state index contributed by atoms with van der Waals surface area (Å²) in [5.74, 6) is -1.01. The first kappa shape index (κ1) is 11.1. The molecular formula is C9H9ClFN3O2. The molecule has 1 fully saturated rings. The maximum atomic E-state index is 13.0. The third-order valence-electron chi connectivity index (χ3n) is 2.35. The standard InChI is InChI=1S/C9H9ClFN3O2/c10-6-3-12-9(13-7(6)8(15)16)14-2-1-5(11)4-14/h3,5H,1-2,4H2,(H,15,16). The monoisotopic (exact) mass is 245 g/mol. The summed E-state index contributed by atoms with van der Waals surface area (Å²) in [4.78, 5) is 20.1. The molecule has 0 amide bonds. The third-order valence-corrected chi connectivity index (χ3v) is 2.62. The maximum Gasteiger partial charge on any atom is 0.356 e. The molecule has 1 aromatic heterocycles. The van der Waals surface area contributed by atoms with Crippen LogP contribution in [0.25, 0.3) is 0 Å². The lowest BCUT2D eigenvalue weighted by molar-refractivity contribution is 0.0690. The molecule has 2 heterocycles. The molecule has 1 N–H and O–H groups in total. The van der Waals surface area contributed by atoms with E-state index in [2.05, 4.69) is 9.97 Å². The second-order valence-corrected chi connectivity index (χ2v) is 3.91. The van der Waals surface area contributed by atoms with Crippen LogP contribution in [-0.4, -0.2) is 40.3 Å². The van der Waals surface area contributed by atoms with Crippen molar-refractivity contribution in [3.05, 3.63) is 16.9 Å². The van der Waals surface area contributed by atoms with Gasteiger partial charge in [0, 0.05) is 6.54 Å². The Morgan fingerprint density at radius 2 is 2.44 bits per heavy atom. The van der Waals surface area contributed by atoms with Gasteiger partial charge in [-0.25, -0.2) is 19.2 Å². The molecule has 0 aromatic carbocycles. The van der Waals surface area contributed by atoms with E-state index in [4.69, 9.17) is 16.7 Å². The molecule has 1 aliphatic heterocycles. The van der Waals surface area contributed by atoms with Crippen LogP contribution in [0, 0.1) is 0 Å². The lowest BCUT2D eigenvalue weighted by Crippen LogP contribution is -2.23. The highest BCUT2D eigenvalue weighted by Crippen LogP contribution is 2.21. The van der Waals surface area contributed by atoms with Crippen LogP contribution >= 0.6 is 11.6 Å². The Balaban J connectivity index is 2.29. The summed E-state index contributed by atoms with van der Waals surface area (Å²) in [7, 11) is 0. The van der Waals surface area contributed by atoms with Gasteiger partial charge in [-0.3, -0.25) is 0 Å². The Morgan fingerprint density at radius 3 is 3.00 bits per heavy atom. The van der Waals surface area contributed by atoms with E-state index >= 15 is 0 Å². The number of nitrogens with zero attached hydrogens (tertiary/aromatic N) is 3. The summed E-state index contributed by atoms with van der Waals surface area (Å²) < 4.78 is 13.0. The zero-order valence-corrected chi connectivity index (χ0v) is 8.98. The Kier molecular flexibility index (Phi) is 2.91. The van der Waals surface area contributed by atoms with E-state index in [1.54, 1.807) is 4.90 Å². The molecule has 0 radical (unpaired) electrons. The van der Waals surface area contributed by atoms with Crippen LogP contribution in [0.3, 0.4) is 0 Å². The molecule has 1 aliphatic rings. The van der Waals surface area contributed by atoms with E-state index in [0.717, 1.165) is 0 Å². The molecule has 0 aliphatic carbocycles. The molecule has 0 spiro atoms. The van der Waals surface area contributed by atoms with Crippen LogP contribution in [0.1, 0.15) is 16.9 Å². The molecule has 1 unspecified atom stereocenters. The van der Waals surface area contributed by atoms with Crippen LogP contribution < -0.4 is 4.90 Å². The lowest BCUT2D eigenvalue weighted by Gasteiger charge is -2.15. The molecule has 5 nitrogen and oxygen atoms in total. The van der Waals surface area contributed by atoms with Gasteiger partial charge >= 0.3 is 5.97 Å². The molecule has 1 atom stereocenters. The van der Waals surface area contributed by atoms with Crippen LogP contribution in [0.4, 0.5) is 10.3 Å². The normalized spacial score (nSPS) is 20.1. The largest absolute Gasteiger partial charge is 0.476 e. The van der Waals surface area contributed by atoms with Crippen molar-refractivity contribution in [2.45, 2.75) is 12.6 Å². The number of carboxylic acids is 1. The van der Waals surface area contributed by atoms with Crippen molar-refractivity contribution in [2.75, 3.05) is 18.0 Å². The molecule has 16 heavy (non-hydrogen) atoms. The maximum absolute atomic E-state index is 13.0. The van der Waals surface area contributed by atoms with Gasteiger partial charge < -0.3 is 10.0 Å². The number of carbonyl (C=O) groups is 1. The van der Waals surface area contributed by atoms with Crippen molar-refractivity contribution >= 4 is 23.5 Å². The first-order valence-corrected chi connectivity index (χ1v) is 5.10. The Labute approximate surface area is 95.9 Å². The fourth-order valence-electron chi connectivity index (χ4n) is 1.56. The molecule has 0 saturated carbocycles. The van der Waals surface area contributed by atoms with E-state index in [-0.39, 0.29) is 23.2 Å². The van der Waals surface area contributed by atoms with Gasteiger partial charge in [0.1, 0.15) is 6.17 Å². The predicted octanol–water partition coefficient (Wildman–Crippen LogP) is 1.38. The fraction of sp³-hybridized carbons (Fsp3) is 0.444. The van der Waals surface area contributed by atoms with Gasteiger partial charge in [0.15, 0.2) is 5.69 Å². The summed E-state index contributed by atoms with van der Waals surface area (Å²) in [6.45, 7) is 0.683. The molecule has 0 bridgehead atoms. The van der Waals surface area contributed by atoms with Crippen LogP contribution in [0.5, 0.6) is 0 Å². The van der Waals surface area contributed by atoms with E-state index in [1.807, 2.05) is 0 Å². The smallest absolute Gasteiger partial charge is 0.356 e. The highest BCUT2D eigenvalue weighted by Gasteiger charge is 2.25. The number of hydrogen-bond acceptors (Lipinski definition) is 4. The minimum atomic E-state index is -1.22. The average molecular weight is 246 g/mol. The van der Waals surface area contributed by atoms with Crippen molar-refractivity contribution < 1.29 is 14.3 Å². The zero-order valence-electron chi connectivity index (χ0n) is 8.23. The van der Waals surface area contributed by atoms with Crippen LogP contribution in [-0.2, 0) is 0 Å². The number of aromatic carboxylic acids is 1. The Bertz CT molecular complexity index is 429. The van der Waals surface area contributed by atoms with Crippen molar-refractivity contribution in [1.82, 2.24) is 9.97 Å². The highest BCUT2D eigenvalue weighted by atomic mass is 35.5. The molecule has 7 heteroatoms. The number of rotatable bonds is 2. The summed E-state index contributed by atoms with van der Waals surface area (Å²) in [5.41, 5.74) is -0.256. The van der Waals surface area contributed by atoms with Gasteiger partial charge in [-0.15, -0.1) is 0 Å². The van der Waals surface area contributed by atoms with Gasteiger partial charge in [-0.05, 0) is 6.42 Å². The third kappa shape index (κ3) is 2.06. The average Bonchev–Trinajstić information content (AvgIpc) is 2.65. The quantitative estimate of drug-likeness (QED) is 0.853. The molecule has 2 rings (SSSR count). The Hall–Kier alpha value is -1.43.